The number of hydrogen-bond donors (Lipinski definition) is 1. The van der Waals surface area contributed by atoms with E-state index in [0.29, 0.717) is 18.7 Å². The van der Waals surface area contributed by atoms with E-state index in [0.717, 1.165) is 25.9 Å². The fourth-order valence-corrected chi connectivity index (χ4v) is 4.93. The Hall–Kier alpha value is -3.51. The summed E-state index contributed by atoms with van der Waals surface area (Å²) in [5.41, 5.74) is 5.85. The number of fused-ring (bicyclic) bond motifs is 2. The molecule has 1 saturated heterocycles. The lowest BCUT2D eigenvalue weighted by Gasteiger charge is -2.40. The highest BCUT2D eigenvalue weighted by molar-refractivity contribution is 5.97. The zero-order chi connectivity index (χ0) is 22.1. The van der Waals surface area contributed by atoms with E-state index in [2.05, 4.69) is 58.4 Å². The lowest BCUT2D eigenvalue weighted by Crippen LogP contribution is -2.50. The minimum atomic E-state index is -1.08. The molecule has 6 heteroatoms. The number of amides is 1. The van der Waals surface area contributed by atoms with Crippen molar-refractivity contribution in [2.24, 2.45) is 0 Å². The van der Waals surface area contributed by atoms with Gasteiger partial charge in [-0.05, 0) is 41.2 Å². The summed E-state index contributed by atoms with van der Waals surface area (Å²) in [7, 11) is 0. The Bertz CT molecular complexity index is 1120. The molecule has 0 radical (unpaired) electrons. The topological polar surface area (TPSA) is 73.7 Å². The van der Waals surface area contributed by atoms with Gasteiger partial charge in [0, 0.05) is 38.6 Å². The number of rotatable bonds is 3. The third kappa shape index (κ3) is 3.78. The average molecular weight is 428 g/mol. The predicted octanol–water partition coefficient (Wildman–Crippen LogP) is 3.43. The monoisotopic (exact) mass is 427 g/mol. The van der Waals surface area contributed by atoms with Crippen molar-refractivity contribution in [3.8, 4) is 0 Å². The molecule has 1 N–H and O–H groups in total. The number of hydrogen-bond acceptors (Lipinski definition) is 4. The summed E-state index contributed by atoms with van der Waals surface area (Å²) in [5, 5.41) is 9.19. The summed E-state index contributed by atoms with van der Waals surface area (Å²) in [6, 6.07) is 19.0. The van der Waals surface area contributed by atoms with Gasteiger partial charge in [0.2, 0.25) is 0 Å². The molecule has 2 aliphatic rings. The Labute approximate surface area is 187 Å². The van der Waals surface area contributed by atoms with E-state index < -0.39 is 5.97 Å². The maximum Gasteiger partial charge on any atom is 0.337 e. The molecule has 0 saturated carbocycles. The van der Waals surface area contributed by atoms with Gasteiger partial charge >= 0.3 is 5.97 Å². The second kappa shape index (κ2) is 8.55. The molecule has 0 bridgehead atoms. The van der Waals surface area contributed by atoms with Crippen molar-refractivity contribution in [2.45, 2.75) is 18.9 Å². The quantitative estimate of drug-likeness (QED) is 0.693. The van der Waals surface area contributed by atoms with E-state index in [4.69, 9.17) is 0 Å². The van der Waals surface area contributed by atoms with E-state index in [-0.39, 0.29) is 17.5 Å². The average Bonchev–Trinajstić information content (AvgIpc) is 3.01. The van der Waals surface area contributed by atoms with Crippen molar-refractivity contribution in [3.63, 3.8) is 0 Å². The number of nitrogens with zero attached hydrogens (tertiary/aromatic N) is 3. The number of carbonyl (C=O) groups is 2. The Morgan fingerprint density at radius 2 is 1.38 bits per heavy atom. The first-order valence-electron chi connectivity index (χ1n) is 11.0. The van der Waals surface area contributed by atoms with Gasteiger partial charge in [0.05, 0.1) is 17.2 Å². The molecule has 0 atom stereocenters. The smallest absolute Gasteiger partial charge is 0.337 e. The van der Waals surface area contributed by atoms with Crippen molar-refractivity contribution in [3.05, 3.63) is 100 Å². The Balaban J connectivity index is 1.38. The van der Waals surface area contributed by atoms with Gasteiger partial charge < -0.3 is 10.0 Å². The number of carbonyl (C=O) groups excluding carboxylic acids is 1. The van der Waals surface area contributed by atoms with Gasteiger partial charge in [-0.25, -0.2) is 4.79 Å². The molecule has 1 aliphatic carbocycles. The van der Waals surface area contributed by atoms with Crippen LogP contribution in [0.15, 0.2) is 67.0 Å². The number of pyridine rings is 1. The molecule has 162 valence electrons. The number of aromatic nitrogens is 1. The Morgan fingerprint density at radius 3 is 1.97 bits per heavy atom. The standard InChI is InChI=1S/C26H25N3O3/c30-25(20-15-21(26(31)32)17-27-16-20)29-13-11-28(12-14-29)24-22-7-3-1-5-18(22)9-10-19-6-2-4-8-23(19)24/h1-8,15-17,24H,9-14H2,(H,31,32). The molecular weight excluding hydrogens is 402 g/mol. The number of benzene rings is 2. The summed E-state index contributed by atoms with van der Waals surface area (Å²) in [6.45, 7) is 2.70. The Kier molecular flexibility index (Phi) is 5.45. The highest BCUT2D eigenvalue weighted by Gasteiger charge is 2.32. The fraction of sp³-hybridized carbons (Fsp3) is 0.269. The van der Waals surface area contributed by atoms with Crippen LogP contribution in [0, 0.1) is 0 Å². The van der Waals surface area contributed by atoms with Crippen molar-refractivity contribution >= 4 is 11.9 Å². The molecule has 0 unspecified atom stereocenters. The SMILES string of the molecule is O=C(O)c1cncc(C(=O)N2CCN(C3c4ccccc4CCc4ccccc43)CC2)c1. The van der Waals surface area contributed by atoms with Gasteiger partial charge in [-0.15, -0.1) is 0 Å². The third-order valence-corrected chi connectivity index (χ3v) is 6.56. The van der Waals surface area contributed by atoms with Crippen LogP contribution in [0.25, 0.3) is 0 Å². The molecule has 5 rings (SSSR count). The van der Waals surface area contributed by atoms with E-state index in [9.17, 15) is 14.7 Å². The maximum atomic E-state index is 13.0. The molecule has 6 nitrogen and oxygen atoms in total. The van der Waals surface area contributed by atoms with Crippen molar-refractivity contribution in [1.82, 2.24) is 14.8 Å². The van der Waals surface area contributed by atoms with Crippen molar-refractivity contribution in [2.75, 3.05) is 26.2 Å². The highest BCUT2D eigenvalue weighted by atomic mass is 16.4. The molecular formula is C26H25N3O3. The van der Waals surface area contributed by atoms with Crippen LogP contribution in [0.4, 0.5) is 0 Å². The second-order valence-corrected chi connectivity index (χ2v) is 8.40. The third-order valence-electron chi connectivity index (χ3n) is 6.56. The maximum absolute atomic E-state index is 13.0. The van der Waals surface area contributed by atoms with Crippen LogP contribution in [-0.2, 0) is 12.8 Å². The summed E-state index contributed by atoms with van der Waals surface area (Å²) in [5.74, 6) is -1.25. The molecule has 1 amide bonds. The zero-order valence-electron chi connectivity index (χ0n) is 17.8. The largest absolute Gasteiger partial charge is 0.478 e. The van der Waals surface area contributed by atoms with Crippen LogP contribution in [0.3, 0.4) is 0 Å². The van der Waals surface area contributed by atoms with Crippen molar-refractivity contribution < 1.29 is 14.7 Å². The predicted molar refractivity (Wildman–Crippen MR) is 121 cm³/mol. The number of aromatic carboxylic acids is 1. The van der Waals surface area contributed by atoms with Crippen LogP contribution in [0.2, 0.25) is 0 Å². The van der Waals surface area contributed by atoms with Gasteiger partial charge in [0.1, 0.15) is 0 Å². The lowest BCUT2D eigenvalue weighted by molar-refractivity contribution is 0.0596. The molecule has 2 heterocycles. The first-order valence-corrected chi connectivity index (χ1v) is 11.0. The molecule has 32 heavy (non-hydrogen) atoms. The minimum Gasteiger partial charge on any atom is -0.478 e. The fourth-order valence-electron chi connectivity index (χ4n) is 4.93. The molecule has 0 spiro atoms. The molecule has 1 aromatic heterocycles. The van der Waals surface area contributed by atoms with Gasteiger partial charge in [0.15, 0.2) is 0 Å². The number of piperazine rings is 1. The zero-order valence-corrected chi connectivity index (χ0v) is 17.8. The number of aryl methyl sites for hydroxylation is 2. The van der Waals surface area contributed by atoms with Gasteiger partial charge in [0.25, 0.3) is 5.91 Å². The number of carboxylic acid groups (broad SMARTS) is 1. The first-order chi connectivity index (χ1) is 15.6. The summed E-state index contributed by atoms with van der Waals surface area (Å²) in [4.78, 5) is 32.4. The minimum absolute atomic E-state index is 0.0288. The van der Waals surface area contributed by atoms with E-state index in [1.807, 2.05) is 0 Å². The van der Waals surface area contributed by atoms with Gasteiger partial charge in [-0.2, -0.15) is 0 Å². The Morgan fingerprint density at radius 1 is 0.812 bits per heavy atom. The van der Waals surface area contributed by atoms with E-state index in [1.54, 1.807) is 4.90 Å². The van der Waals surface area contributed by atoms with E-state index >= 15 is 0 Å². The molecule has 1 aliphatic heterocycles. The summed E-state index contributed by atoms with van der Waals surface area (Å²) < 4.78 is 0. The van der Waals surface area contributed by atoms with Crippen LogP contribution in [0.1, 0.15) is 49.0 Å². The second-order valence-electron chi connectivity index (χ2n) is 8.40. The summed E-state index contributed by atoms with van der Waals surface area (Å²) >= 11 is 0. The van der Waals surface area contributed by atoms with Crippen LogP contribution in [-0.4, -0.2) is 57.9 Å². The van der Waals surface area contributed by atoms with E-state index in [1.165, 1.54) is 40.7 Å². The molecule has 1 fully saturated rings. The first kappa shape index (κ1) is 20.4. The normalized spacial score (nSPS) is 16.7. The van der Waals surface area contributed by atoms with Crippen LogP contribution < -0.4 is 0 Å². The van der Waals surface area contributed by atoms with Gasteiger partial charge in [-0.3, -0.25) is 14.7 Å². The molecule has 2 aromatic carbocycles. The lowest BCUT2D eigenvalue weighted by atomic mass is 9.92. The van der Waals surface area contributed by atoms with Crippen LogP contribution in [0.5, 0.6) is 0 Å². The van der Waals surface area contributed by atoms with Gasteiger partial charge in [-0.1, -0.05) is 48.5 Å². The molecule has 3 aromatic rings. The highest BCUT2D eigenvalue weighted by Crippen LogP contribution is 2.37. The van der Waals surface area contributed by atoms with Crippen LogP contribution >= 0.6 is 0 Å². The number of carboxylic acids is 1. The van der Waals surface area contributed by atoms with Crippen molar-refractivity contribution in [1.29, 1.82) is 0 Å². The summed E-state index contributed by atoms with van der Waals surface area (Å²) in [6.07, 6.45) is 4.78.